The molecule has 2 aliphatic carbocycles. The van der Waals surface area contributed by atoms with Crippen LogP contribution in [0.4, 0.5) is 0 Å². The van der Waals surface area contributed by atoms with E-state index >= 15 is 0 Å². The molecule has 3 nitrogen and oxygen atoms in total. The van der Waals surface area contributed by atoms with Gasteiger partial charge >= 0.3 is 0 Å². The second-order valence-electron chi connectivity index (χ2n) is 6.63. The Morgan fingerprint density at radius 1 is 1.24 bits per heavy atom. The number of fused-ring (bicyclic) bond motifs is 2. The monoisotopic (exact) mass is 233 g/mol. The fourth-order valence-electron chi connectivity index (χ4n) is 4.51. The van der Waals surface area contributed by atoms with Crippen molar-refractivity contribution in [1.29, 1.82) is 0 Å². The van der Waals surface area contributed by atoms with Gasteiger partial charge in [0.15, 0.2) is 0 Å². The van der Waals surface area contributed by atoms with Gasteiger partial charge < -0.3 is 0 Å². The molecule has 3 heteroatoms. The summed E-state index contributed by atoms with van der Waals surface area (Å²) in [5.41, 5.74) is 2.28. The molecule has 2 atom stereocenters. The molecule has 0 spiro atoms. The lowest BCUT2D eigenvalue weighted by molar-refractivity contribution is -0.124. The summed E-state index contributed by atoms with van der Waals surface area (Å²) >= 11 is 0. The normalized spacial score (nSPS) is 43.4. The minimum absolute atomic E-state index is 0.0876. The van der Waals surface area contributed by atoms with Crippen molar-refractivity contribution >= 4 is 11.8 Å². The molecule has 1 N–H and O–H groups in total. The molecule has 1 heterocycles. The first-order valence-corrected chi connectivity index (χ1v) is 6.43. The third kappa shape index (κ3) is 1.28. The van der Waals surface area contributed by atoms with Gasteiger partial charge in [-0.3, -0.25) is 14.9 Å². The SMILES string of the molecule is CC12CCC(C1)C(C)(C)C2=C1CC(=O)NC1=O. The molecule has 92 valence electrons. The van der Waals surface area contributed by atoms with Crippen LogP contribution in [0.3, 0.4) is 0 Å². The Labute approximate surface area is 102 Å². The molecule has 0 aromatic rings. The van der Waals surface area contributed by atoms with Gasteiger partial charge in [0.1, 0.15) is 0 Å². The van der Waals surface area contributed by atoms with Gasteiger partial charge in [-0.2, -0.15) is 0 Å². The van der Waals surface area contributed by atoms with Crippen molar-refractivity contribution in [2.45, 2.75) is 46.5 Å². The first-order valence-electron chi connectivity index (χ1n) is 6.43. The lowest BCUT2D eigenvalue weighted by Crippen LogP contribution is -2.30. The number of imide groups is 1. The topological polar surface area (TPSA) is 46.2 Å². The number of hydrogen-bond donors (Lipinski definition) is 1. The predicted octanol–water partition coefficient (Wildman–Crippen LogP) is 2.18. The molecule has 0 aromatic heterocycles. The van der Waals surface area contributed by atoms with Crippen molar-refractivity contribution in [1.82, 2.24) is 5.32 Å². The molecule has 2 unspecified atom stereocenters. The Kier molecular flexibility index (Phi) is 1.94. The summed E-state index contributed by atoms with van der Waals surface area (Å²) in [7, 11) is 0. The molecule has 2 amide bonds. The van der Waals surface area contributed by atoms with Crippen molar-refractivity contribution in [2.75, 3.05) is 0 Å². The highest BCUT2D eigenvalue weighted by Gasteiger charge is 2.57. The minimum atomic E-state index is -0.146. The number of allylic oxidation sites excluding steroid dienone is 1. The molecule has 2 saturated carbocycles. The van der Waals surface area contributed by atoms with E-state index in [1.165, 1.54) is 24.8 Å². The highest BCUT2D eigenvalue weighted by molar-refractivity contribution is 6.14. The Morgan fingerprint density at radius 2 is 1.94 bits per heavy atom. The molecule has 0 radical (unpaired) electrons. The number of hydrogen-bond acceptors (Lipinski definition) is 2. The lowest BCUT2D eigenvalue weighted by Gasteiger charge is -2.38. The quantitative estimate of drug-likeness (QED) is 0.515. The van der Waals surface area contributed by atoms with Crippen molar-refractivity contribution in [3.8, 4) is 0 Å². The van der Waals surface area contributed by atoms with Gasteiger partial charge in [0, 0.05) is 5.57 Å². The molecule has 0 aromatic carbocycles. The van der Waals surface area contributed by atoms with Gasteiger partial charge in [-0.15, -0.1) is 0 Å². The molecule has 17 heavy (non-hydrogen) atoms. The van der Waals surface area contributed by atoms with E-state index in [0.29, 0.717) is 12.3 Å². The van der Waals surface area contributed by atoms with Crippen molar-refractivity contribution in [2.24, 2.45) is 16.7 Å². The summed E-state index contributed by atoms with van der Waals surface area (Å²) in [6, 6.07) is 0. The average Bonchev–Trinajstić information content (AvgIpc) is 2.76. The minimum Gasteiger partial charge on any atom is -0.292 e. The van der Waals surface area contributed by atoms with Crippen LogP contribution in [0.2, 0.25) is 0 Å². The maximum Gasteiger partial charge on any atom is 0.254 e. The molecule has 3 aliphatic rings. The van der Waals surface area contributed by atoms with E-state index in [9.17, 15) is 9.59 Å². The van der Waals surface area contributed by atoms with Gasteiger partial charge in [-0.1, -0.05) is 20.8 Å². The molecular formula is C14H19NO2. The molecule has 2 bridgehead atoms. The maximum absolute atomic E-state index is 11.9. The fraction of sp³-hybridized carbons (Fsp3) is 0.714. The van der Waals surface area contributed by atoms with Gasteiger partial charge in [0.2, 0.25) is 5.91 Å². The van der Waals surface area contributed by atoms with Gasteiger partial charge in [-0.05, 0) is 41.6 Å². The third-order valence-electron chi connectivity index (χ3n) is 5.18. The Balaban J connectivity index is 2.16. The molecular weight excluding hydrogens is 214 g/mol. The summed E-state index contributed by atoms with van der Waals surface area (Å²) in [5, 5.41) is 2.42. The highest BCUT2D eigenvalue weighted by Crippen LogP contribution is 2.66. The average molecular weight is 233 g/mol. The van der Waals surface area contributed by atoms with E-state index in [0.717, 1.165) is 5.57 Å². The van der Waals surface area contributed by atoms with Gasteiger partial charge in [0.25, 0.3) is 5.91 Å². The van der Waals surface area contributed by atoms with Gasteiger partial charge in [0.05, 0.1) is 6.42 Å². The fourth-order valence-corrected chi connectivity index (χ4v) is 4.51. The molecule has 1 aliphatic heterocycles. The lowest BCUT2D eigenvalue weighted by atomic mass is 9.66. The second-order valence-corrected chi connectivity index (χ2v) is 6.63. The first kappa shape index (κ1) is 11.0. The second kappa shape index (κ2) is 3.01. The van der Waals surface area contributed by atoms with E-state index in [4.69, 9.17) is 0 Å². The molecule has 1 saturated heterocycles. The van der Waals surface area contributed by atoms with E-state index in [1.807, 2.05) is 0 Å². The zero-order valence-corrected chi connectivity index (χ0v) is 10.7. The summed E-state index contributed by atoms with van der Waals surface area (Å²) in [5.74, 6) is 0.394. The third-order valence-corrected chi connectivity index (χ3v) is 5.18. The van der Waals surface area contributed by atoms with Gasteiger partial charge in [-0.25, -0.2) is 0 Å². The van der Waals surface area contributed by atoms with Crippen LogP contribution in [0.5, 0.6) is 0 Å². The van der Waals surface area contributed by atoms with Crippen LogP contribution in [0.15, 0.2) is 11.1 Å². The molecule has 3 rings (SSSR count). The zero-order valence-electron chi connectivity index (χ0n) is 10.7. The van der Waals surface area contributed by atoms with Crippen molar-refractivity contribution < 1.29 is 9.59 Å². The van der Waals surface area contributed by atoms with Crippen LogP contribution in [0, 0.1) is 16.7 Å². The number of rotatable bonds is 0. The number of carbonyl (C=O) groups excluding carboxylic acids is 2. The number of amides is 2. The van der Waals surface area contributed by atoms with Crippen LogP contribution in [-0.2, 0) is 9.59 Å². The van der Waals surface area contributed by atoms with Crippen LogP contribution in [0.1, 0.15) is 46.5 Å². The molecule has 3 fully saturated rings. The number of nitrogens with one attached hydrogen (secondary N) is 1. The van der Waals surface area contributed by atoms with Crippen LogP contribution in [0.25, 0.3) is 0 Å². The largest absolute Gasteiger partial charge is 0.292 e. The van der Waals surface area contributed by atoms with E-state index in [-0.39, 0.29) is 22.6 Å². The maximum atomic E-state index is 11.9. The summed E-state index contributed by atoms with van der Waals surface area (Å²) in [4.78, 5) is 23.3. The van der Waals surface area contributed by atoms with Crippen LogP contribution >= 0.6 is 0 Å². The van der Waals surface area contributed by atoms with E-state index in [1.54, 1.807) is 0 Å². The van der Waals surface area contributed by atoms with Crippen molar-refractivity contribution in [3.05, 3.63) is 11.1 Å². The van der Waals surface area contributed by atoms with Crippen molar-refractivity contribution in [3.63, 3.8) is 0 Å². The smallest absolute Gasteiger partial charge is 0.254 e. The van der Waals surface area contributed by atoms with Crippen LogP contribution in [-0.4, -0.2) is 11.8 Å². The predicted molar refractivity (Wildman–Crippen MR) is 64.0 cm³/mol. The van der Waals surface area contributed by atoms with E-state index < -0.39 is 0 Å². The summed E-state index contributed by atoms with van der Waals surface area (Å²) in [6.45, 7) is 6.74. The Hall–Kier alpha value is -1.12. The Bertz CT molecular complexity index is 454. The zero-order chi connectivity index (χ0) is 12.4. The van der Waals surface area contributed by atoms with E-state index in [2.05, 4.69) is 26.1 Å². The summed E-state index contributed by atoms with van der Waals surface area (Å²) < 4.78 is 0. The van der Waals surface area contributed by atoms with Crippen LogP contribution < -0.4 is 5.32 Å². The summed E-state index contributed by atoms with van der Waals surface area (Å²) in [6.07, 6.45) is 3.90. The highest BCUT2D eigenvalue weighted by atomic mass is 16.2. The Morgan fingerprint density at radius 3 is 2.41 bits per heavy atom. The first-order chi connectivity index (χ1) is 7.84. The number of carbonyl (C=O) groups is 2. The standard InChI is InChI=1S/C14H19NO2/c1-13(2)8-4-5-14(3,7-8)11(13)9-6-10(16)15-12(9)17/h8H,4-7H2,1-3H3,(H,15,16,17).